The topological polar surface area (TPSA) is 127 Å². The van der Waals surface area contributed by atoms with E-state index in [4.69, 9.17) is 19.7 Å². The number of carbonyl (C=O) groups is 4. The quantitative estimate of drug-likeness (QED) is 0.418. The van der Waals surface area contributed by atoms with Crippen LogP contribution < -0.4 is 0 Å². The summed E-state index contributed by atoms with van der Waals surface area (Å²) < 4.78 is 9.43. The van der Waals surface area contributed by atoms with E-state index in [0.717, 1.165) is 0 Å². The van der Waals surface area contributed by atoms with Crippen molar-refractivity contribution in [3.63, 3.8) is 0 Å². The maximum absolute atomic E-state index is 11.1. The zero-order valence-electron chi connectivity index (χ0n) is 11.0. The number of carboxylic acids is 2. The lowest BCUT2D eigenvalue weighted by molar-refractivity contribution is -0.152. The molecule has 0 atom stereocenters. The molecule has 8 heteroatoms. The van der Waals surface area contributed by atoms with Gasteiger partial charge in [-0.15, -0.1) is 0 Å². The summed E-state index contributed by atoms with van der Waals surface area (Å²) in [4.78, 5) is 42.6. The summed E-state index contributed by atoms with van der Waals surface area (Å²) >= 11 is 0. The molecule has 0 unspecified atom stereocenters. The summed E-state index contributed by atoms with van der Waals surface area (Å²) in [6.07, 6.45) is 0.186. The van der Waals surface area contributed by atoms with Crippen LogP contribution >= 0.6 is 0 Å². The minimum Gasteiger partial charge on any atom is -0.481 e. The first-order valence-electron chi connectivity index (χ1n) is 6.16. The Kier molecular flexibility index (Phi) is 9.63. The molecule has 0 aliphatic heterocycles. The van der Waals surface area contributed by atoms with Gasteiger partial charge in [-0.2, -0.15) is 0 Å². The number of hydrogen-bond donors (Lipinski definition) is 2. The SMILES string of the molecule is O=C(O)CCCC(=O)OCCOC(=O)CCCC(=O)O. The summed E-state index contributed by atoms with van der Waals surface area (Å²) in [5.41, 5.74) is 0. The number of carboxylic acid groups (broad SMARTS) is 2. The fourth-order valence-electron chi connectivity index (χ4n) is 1.22. The molecule has 114 valence electrons. The van der Waals surface area contributed by atoms with Crippen LogP contribution in [0.1, 0.15) is 38.5 Å². The van der Waals surface area contributed by atoms with Gasteiger partial charge in [0.15, 0.2) is 0 Å². The highest BCUT2D eigenvalue weighted by Crippen LogP contribution is 1.99. The first-order valence-corrected chi connectivity index (χ1v) is 6.16. The normalized spacial score (nSPS) is 9.80. The minimum absolute atomic E-state index is 0.00113. The van der Waals surface area contributed by atoms with Crippen molar-refractivity contribution in [2.45, 2.75) is 38.5 Å². The molecule has 0 radical (unpaired) electrons. The lowest BCUT2D eigenvalue weighted by Crippen LogP contribution is -2.14. The van der Waals surface area contributed by atoms with E-state index in [9.17, 15) is 19.2 Å². The van der Waals surface area contributed by atoms with Crippen LogP contribution in [0.15, 0.2) is 0 Å². The van der Waals surface area contributed by atoms with Crippen LogP contribution in [0.3, 0.4) is 0 Å². The molecule has 0 spiro atoms. The van der Waals surface area contributed by atoms with Crippen LogP contribution in [-0.2, 0) is 28.7 Å². The molecule has 0 rings (SSSR count). The van der Waals surface area contributed by atoms with Crippen LogP contribution in [0.5, 0.6) is 0 Å². The second kappa shape index (κ2) is 10.8. The van der Waals surface area contributed by atoms with Gasteiger partial charge in [0, 0.05) is 25.7 Å². The third-order valence-electron chi connectivity index (χ3n) is 2.15. The molecule has 0 bridgehead atoms. The van der Waals surface area contributed by atoms with Gasteiger partial charge in [0.05, 0.1) is 0 Å². The highest BCUT2D eigenvalue weighted by molar-refractivity contribution is 5.72. The van der Waals surface area contributed by atoms with Gasteiger partial charge in [0.1, 0.15) is 13.2 Å². The maximum Gasteiger partial charge on any atom is 0.305 e. The van der Waals surface area contributed by atoms with Crippen LogP contribution in [0.25, 0.3) is 0 Å². The number of carbonyl (C=O) groups excluding carboxylic acids is 2. The minimum atomic E-state index is -0.979. The molecule has 0 aromatic heterocycles. The second-order valence-corrected chi connectivity index (χ2v) is 3.94. The Morgan fingerprint density at radius 3 is 1.30 bits per heavy atom. The van der Waals surface area contributed by atoms with Gasteiger partial charge in [-0.1, -0.05) is 0 Å². The van der Waals surface area contributed by atoms with E-state index in [1.165, 1.54) is 0 Å². The molecule has 0 saturated heterocycles. The number of rotatable bonds is 11. The molecule has 0 aromatic rings. The van der Waals surface area contributed by atoms with Crippen LogP contribution in [0, 0.1) is 0 Å². The third kappa shape index (κ3) is 12.3. The van der Waals surface area contributed by atoms with Crippen molar-refractivity contribution < 1.29 is 38.9 Å². The molecular weight excluding hydrogens is 272 g/mol. The Morgan fingerprint density at radius 2 is 1.00 bits per heavy atom. The fraction of sp³-hybridized carbons (Fsp3) is 0.667. The zero-order valence-corrected chi connectivity index (χ0v) is 11.0. The summed E-state index contributed by atoms with van der Waals surface area (Å²) in [7, 11) is 0. The summed E-state index contributed by atoms with van der Waals surface area (Å²) in [5.74, 6) is -3.05. The molecule has 0 amide bonds. The van der Waals surface area contributed by atoms with Crippen molar-refractivity contribution in [3.05, 3.63) is 0 Å². The molecule has 0 aliphatic carbocycles. The van der Waals surface area contributed by atoms with E-state index in [0.29, 0.717) is 0 Å². The van der Waals surface area contributed by atoms with Crippen LogP contribution in [-0.4, -0.2) is 47.3 Å². The molecule has 0 aliphatic rings. The second-order valence-electron chi connectivity index (χ2n) is 3.94. The van der Waals surface area contributed by atoms with Gasteiger partial charge in [-0.3, -0.25) is 19.2 Å². The molecule has 8 nitrogen and oxygen atoms in total. The van der Waals surface area contributed by atoms with E-state index < -0.39 is 23.9 Å². The Labute approximate surface area is 115 Å². The molecule has 20 heavy (non-hydrogen) atoms. The van der Waals surface area contributed by atoms with E-state index >= 15 is 0 Å². The van der Waals surface area contributed by atoms with Gasteiger partial charge in [0.25, 0.3) is 0 Å². The molecule has 0 heterocycles. The third-order valence-corrected chi connectivity index (χ3v) is 2.15. The van der Waals surface area contributed by atoms with Gasteiger partial charge >= 0.3 is 23.9 Å². The van der Waals surface area contributed by atoms with E-state index in [-0.39, 0.29) is 51.7 Å². The van der Waals surface area contributed by atoms with Crippen LogP contribution in [0.4, 0.5) is 0 Å². The van der Waals surface area contributed by atoms with Crippen molar-refractivity contribution in [2.75, 3.05) is 13.2 Å². The van der Waals surface area contributed by atoms with E-state index in [2.05, 4.69) is 0 Å². The standard InChI is InChI=1S/C12H18O8/c13-9(14)3-1-5-11(17)19-7-8-20-12(18)6-2-4-10(15)16/h1-8H2,(H,13,14)(H,15,16). The Hall–Kier alpha value is -2.12. The smallest absolute Gasteiger partial charge is 0.305 e. The largest absolute Gasteiger partial charge is 0.481 e. The molecule has 2 N–H and O–H groups in total. The number of esters is 2. The van der Waals surface area contributed by atoms with Gasteiger partial charge in [-0.25, -0.2) is 0 Å². The molecule has 0 aromatic carbocycles. The maximum atomic E-state index is 11.1. The van der Waals surface area contributed by atoms with E-state index in [1.807, 2.05) is 0 Å². The summed E-state index contributed by atoms with van der Waals surface area (Å²) in [6, 6.07) is 0. The Morgan fingerprint density at radius 1 is 0.650 bits per heavy atom. The first-order chi connectivity index (χ1) is 9.41. The Balaban J connectivity index is 3.46. The highest BCUT2D eigenvalue weighted by atomic mass is 16.6. The van der Waals surface area contributed by atoms with E-state index in [1.54, 1.807) is 0 Å². The number of ether oxygens (including phenoxy) is 2. The van der Waals surface area contributed by atoms with Crippen molar-refractivity contribution in [3.8, 4) is 0 Å². The predicted molar refractivity (Wildman–Crippen MR) is 64.9 cm³/mol. The number of hydrogen-bond acceptors (Lipinski definition) is 6. The zero-order chi connectivity index (χ0) is 15.4. The molecule has 0 saturated carbocycles. The fourth-order valence-corrected chi connectivity index (χ4v) is 1.22. The van der Waals surface area contributed by atoms with Crippen molar-refractivity contribution in [2.24, 2.45) is 0 Å². The Bertz CT molecular complexity index is 315. The average molecular weight is 290 g/mol. The first kappa shape index (κ1) is 17.9. The lowest BCUT2D eigenvalue weighted by atomic mass is 10.2. The lowest BCUT2D eigenvalue weighted by Gasteiger charge is -2.05. The summed E-state index contributed by atoms with van der Waals surface area (Å²) in [6.45, 7) is -0.201. The van der Waals surface area contributed by atoms with Crippen molar-refractivity contribution >= 4 is 23.9 Å². The number of aliphatic carboxylic acids is 2. The molecule has 0 fully saturated rings. The van der Waals surface area contributed by atoms with Crippen LogP contribution in [0.2, 0.25) is 0 Å². The van der Waals surface area contributed by atoms with Gasteiger partial charge in [-0.05, 0) is 12.8 Å². The van der Waals surface area contributed by atoms with Crippen molar-refractivity contribution in [1.29, 1.82) is 0 Å². The monoisotopic (exact) mass is 290 g/mol. The average Bonchev–Trinajstić information content (AvgIpc) is 2.33. The highest BCUT2D eigenvalue weighted by Gasteiger charge is 2.07. The predicted octanol–water partition coefficient (Wildman–Crippen LogP) is 0.583. The van der Waals surface area contributed by atoms with Gasteiger partial charge in [0.2, 0.25) is 0 Å². The molecular formula is C12H18O8. The summed E-state index contributed by atoms with van der Waals surface area (Å²) in [5, 5.41) is 16.7. The van der Waals surface area contributed by atoms with Gasteiger partial charge < -0.3 is 19.7 Å². The van der Waals surface area contributed by atoms with Crippen molar-refractivity contribution in [1.82, 2.24) is 0 Å².